The molecule has 2 aromatic heterocycles. The van der Waals surface area contributed by atoms with Crippen molar-refractivity contribution >= 4 is 34.7 Å². The normalized spacial score (nSPS) is 17.7. The molecule has 0 spiro atoms. The van der Waals surface area contributed by atoms with E-state index in [1.165, 1.54) is 12.5 Å². The quantitative estimate of drug-likeness (QED) is 0.132. The molecule has 2 fully saturated rings. The van der Waals surface area contributed by atoms with Crippen LogP contribution < -0.4 is 33.7 Å². The van der Waals surface area contributed by atoms with Gasteiger partial charge in [0.1, 0.15) is 29.3 Å². The van der Waals surface area contributed by atoms with Gasteiger partial charge in [-0.15, -0.1) is 0 Å². The van der Waals surface area contributed by atoms with E-state index >= 15 is 0 Å². The summed E-state index contributed by atoms with van der Waals surface area (Å²) in [4.78, 5) is 55.9. The van der Waals surface area contributed by atoms with Gasteiger partial charge in [0.25, 0.3) is 0 Å². The number of benzene rings is 3. The van der Waals surface area contributed by atoms with E-state index in [-0.39, 0.29) is 36.8 Å². The van der Waals surface area contributed by atoms with Crippen LogP contribution in [0.4, 0.5) is 4.79 Å². The van der Waals surface area contributed by atoms with E-state index in [1.54, 1.807) is 24.1 Å². The number of aromatic nitrogens is 3. The van der Waals surface area contributed by atoms with Crippen LogP contribution in [0.5, 0.6) is 34.5 Å². The number of fused-ring (bicyclic) bond motifs is 2. The molecule has 1 atom stereocenters. The second kappa shape index (κ2) is 16.9. The van der Waals surface area contributed by atoms with Gasteiger partial charge < -0.3 is 43.6 Å². The van der Waals surface area contributed by atoms with Crippen LogP contribution in [0.2, 0.25) is 0 Å². The average Bonchev–Trinajstić information content (AvgIpc) is 3.85. The fourth-order valence-electron chi connectivity index (χ4n) is 8.28. The molecule has 1 aliphatic carbocycles. The highest BCUT2D eigenvalue weighted by Gasteiger charge is 2.43. The number of aromatic amines is 1. The molecule has 1 saturated heterocycles. The summed E-state index contributed by atoms with van der Waals surface area (Å²) in [6, 6.07) is 17.6. The van der Waals surface area contributed by atoms with Crippen molar-refractivity contribution in [2.75, 3.05) is 40.7 Å². The molecular weight excluding hydrogens is 795 g/mol. The molecule has 9 rings (SSSR count). The number of H-pyrrole nitrogens is 1. The van der Waals surface area contributed by atoms with Gasteiger partial charge in [0.05, 0.1) is 49.1 Å². The third kappa shape index (κ3) is 8.16. The fraction of sp³-hybridized carbons (Fsp3) is 0.391. The molecule has 0 radical (unpaired) electrons. The zero-order chi connectivity index (χ0) is 43.0. The summed E-state index contributed by atoms with van der Waals surface area (Å²) >= 11 is 0. The summed E-state index contributed by atoms with van der Waals surface area (Å²) in [5.41, 5.74) is 3.75. The summed E-state index contributed by atoms with van der Waals surface area (Å²) in [5, 5.41) is 9.36. The van der Waals surface area contributed by atoms with Crippen LogP contribution in [0.3, 0.4) is 0 Å². The number of amides is 3. The minimum atomic E-state index is -0.947. The topological polar surface area (TPSA) is 179 Å². The van der Waals surface area contributed by atoms with Crippen LogP contribution in [-0.4, -0.2) is 101 Å². The predicted octanol–water partition coefficient (Wildman–Crippen LogP) is 6.51. The first-order chi connectivity index (χ1) is 30.1. The highest BCUT2D eigenvalue weighted by Crippen LogP contribution is 2.48. The number of hydrogen-bond donors (Lipinski definition) is 2. The lowest BCUT2D eigenvalue weighted by Crippen LogP contribution is -2.55. The SMILES string of the molecule is COc1ccc(C2=NN(C3CCN(C(=O)[C@@H](Cc4ccccc4)NC(=O)Oc4c[nH]c5c(-c6c(OCC7CC7)ccc7c6OCO7)ncnc45)CC3)C(=O)C(C)(C)C2)cc1OC. The van der Waals surface area contributed by atoms with E-state index < -0.39 is 17.6 Å². The van der Waals surface area contributed by atoms with Crippen molar-refractivity contribution in [1.29, 1.82) is 0 Å². The van der Waals surface area contributed by atoms with Crippen molar-refractivity contribution in [3.8, 4) is 45.8 Å². The van der Waals surface area contributed by atoms with Gasteiger partial charge >= 0.3 is 6.09 Å². The Morgan fingerprint density at radius 1 is 0.935 bits per heavy atom. The maximum Gasteiger partial charge on any atom is 0.413 e. The molecule has 5 heterocycles. The minimum absolute atomic E-state index is 0.0649. The lowest BCUT2D eigenvalue weighted by molar-refractivity contribution is -0.145. The van der Waals surface area contributed by atoms with Gasteiger partial charge in [-0.3, -0.25) is 9.59 Å². The van der Waals surface area contributed by atoms with Crippen molar-refractivity contribution in [1.82, 2.24) is 30.2 Å². The Balaban J connectivity index is 0.912. The van der Waals surface area contributed by atoms with Crippen LogP contribution in [-0.2, 0) is 16.0 Å². The number of likely N-dealkylation sites (tertiary alicyclic amines) is 1. The Bertz CT molecular complexity index is 2530. The number of piperidine rings is 1. The minimum Gasteiger partial charge on any atom is -0.493 e. The zero-order valence-electron chi connectivity index (χ0n) is 35.1. The van der Waals surface area contributed by atoms with Crippen molar-refractivity contribution in [3.63, 3.8) is 0 Å². The highest BCUT2D eigenvalue weighted by molar-refractivity contribution is 6.06. The van der Waals surface area contributed by atoms with Crippen LogP contribution in [0, 0.1) is 11.3 Å². The summed E-state index contributed by atoms with van der Waals surface area (Å²) in [5.74, 6) is 3.21. The van der Waals surface area contributed by atoms with Gasteiger partial charge in [0, 0.05) is 37.7 Å². The number of ether oxygens (including phenoxy) is 6. The molecule has 1 saturated carbocycles. The Morgan fingerprint density at radius 2 is 1.71 bits per heavy atom. The molecule has 0 unspecified atom stereocenters. The lowest BCUT2D eigenvalue weighted by atomic mass is 9.82. The standard InChI is InChI=1S/C46H49N7O9/c1-46(2)22-32(29-12-13-33(57-3)36(21-29)58-4)51-53(44(46)55)30-16-18-52(19-17-30)43(54)31(20-27-8-6-5-7-9-27)50-45(56)62-37-23-47-41-39(37)48-25-49-40(41)38-34(59-24-28-10-11-28)14-15-35-42(38)61-26-60-35/h5-9,12-15,21,23,25,28,30-31,47H,10-11,16-20,22,24,26H2,1-4H3,(H,50,56)/t31-/m1/s1. The van der Waals surface area contributed by atoms with Crippen LogP contribution in [0.1, 0.15) is 57.1 Å². The molecular formula is C46H49N7O9. The van der Waals surface area contributed by atoms with Crippen molar-refractivity contribution in [2.24, 2.45) is 16.4 Å². The number of carbonyl (C=O) groups is 3. The molecule has 62 heavy (non-hydrogen) atoms. The van der Waals surface area contributed by atoms with E-state index in [2.05, 4.69) is 20.3 Å². The van der Waals surface area contributed by atoms with Gasteiger partial charge in [0.15, 0.2) is 28.7 Å². The Morgan fingerprint density at radius 3 is 2.47 bits per heavy atom. The Kier molecular flexibility index (Phi) is 11.1. The number of hydrogen-bond acceptors (Lipinski definition) is 12. The average molecular weight is 844 g/mol. The van der Waals surface area contributed by atoms with Crippen molar-refractivity contribution < 1.29 is 42.8 Å². The molecule has 0 bridgehead atoms. The molecule has 322 valence electrons. The highest BCUT2D eigenvalue weighted by atomic mass is 16.7. The van der Waals surface area contributed by atoms with E-state index in [9.17, 15) is 14.4 Å². The lowest BCUT2D eigenvalue weighted by Gasteiger charge is -2.42. The first-order valence-electron chi connectivity index (χ1n) is 20.9. The molecule has 16 heteroatoms. The first-order valence-corrected chi connectivity index (χ1v) is 20.9. The van der Waals surface area contributed by atoms with Crippen LogP contribution in [0.25, 0.3) is 22.3 Å². The number of nitrogens with zero attached hydrogens (tertiary/aromatic N) is 5. The van der Waals surface area contributed by atoms with Crippen molar-refractivity contribution in [3.05, 3.63) is 84.3 Å². The number of methoxy groups -OCH3 is 2. The second-order valence-electron chi connectivity index (χ2n) is 16.7. The van der Waals surface area contributed by atoms with Gasteiger partial charge in [-0.05, 0) is 67.5 Å². The molecule has 5 aromatic rings. The maximum absolute atomic E-state index is 14.3. The Labute approximate surface area is 358 Å². The molecule has 16 nitrogen and oxygen atoms in total. The van der Waals surface area contributed by atoms with E-state index in [0.29, 0.717) is 95.9 Å². The second-order valence-corrected chi connectivity index (χ2v) is 16.7. The third-order valence-corrected chi connectivity index (χ3v) is 11.9. The molecule has 4 aliphatic rings. The maximum atomic E-state index is 14.3. The predicted molar refractivity (Wildman–Crippen MR) is 228 cm³/mol. The molecule has 2 N–H and O–H groups in total. The largest absolute Gasteiger partial charge is 0.493 e. The molecule has 3 amide bonds. The van der Waals surface area contributed by atoms with Gasteiger partial charge in [-0.2, -0.15) is 5.10 Å². The number of carbonyl (C=O) groups excluding carboxylic acids is 3. The summed E-state index contributed by atoms with van der Waals surface area (Å²) < 4.78 is 34.6. The number of rotatable bonds is 13. The monoisotopic (exact) mass is 843 g/mol. The third-order valence-electron chi connectivity index (χ3n) is 11.9. The first kappa shape index (κ1) is 40.6. The van der Waals surface area contributed by atoms with E-state index in [4.69, 9.17) is 33.5 Å². The fourth-order valence-corrected chi connectivity index (χ4v) is 8.28. The van der Waals surface area contributed by atoms with Crippen molar-refractivity contribution in [2.45, 2.75) is 64.5 Å². The van der Waals surface area contributed by atoms with Crippen LogP contribution in [0.15, 0.2) is 78.3 Å². The van der Waals surface area contributed by atoms with E-state index in [1.807, 2.05) is 74.5 Å². The van der Waals surface area contributed by atoms with Crippen LogP contribution >= 0.6 is 0 Å². The molecule has 3 aromatic carbocycles. The summed E-state index contributed by atoms with van der Waals surface area (Å²) in [7, 11) is 3.17. The number of nitrogens with one attached hydrogen (secondary N) is 2. The summed E-state index contributed by atoms with van der Waals surface area (Å²) in [6.07, 6.45) is 6.07. The number of hydrazone groups is 1. The van der Waals surface area contributed by atoms with Gasteiger partial charge in [0.2, 0.25) is 18.6 Å². The van der Waals surface area contributed by atoms with Gasteiger partial charge in [-0.1, -0.05) is 44.2 Å². The smallest absolute Gasteiger partial charge is 0.413 e. The molecule has 3 aliphatic heterocycles. The zero-order valence-corrected chi connectivity index (χ0v) is 35.1. The van der Waals surface area contributed by atoms with E-state index in [0.717, 1.165) is 29.7 Å². The van der Waals surface area contributed by atoms with Gasteiger partial charge in [-0.25, -0.2) is 19.8 Å². The summed E-state index contributed by atoms with van der Waals surface area (Å²) in [6.45, 7) is 5.23. The Hall–Kier alpha value is -6.84.